The van der Waals surface area contributed by atoms with Gasteiger partial charge in [-0.2, -0.15) is 26.3 Å². The molecule has 0 radical (unpaired) electrons. The van der Waals surface area contributed by atoms with Crippen molar-refractivity contribution in [3.8, 4) is 0 Å². The lowest BCUT2D eigenvalue weighted by molar-refractivity contribution is -0.145. The van der Waals surface area contributed by atoms with Crippen LogP contribution in [0.5, 0.6) is 0 Å². The van der Waals surface area contributed by atoms with Crippen LogP contribution in [0.4, 0.5) is 32.0 Å². The number of hydrogen-bond donors (Lipinski definition) is 1. The highest BCUT2D eigenvalue weighted by Crippen LogP contribution is 2.56. The molecule has 2 bridgehead atoms. The van der Waals surface area contributed by atoms with E-state index in [1.54, 1.807) is 7.11 Å². The summed E-state index contributed by atoms with van der Waals surface area (Å²) in [5, 5.41) is 3.74. The molecule has 1 N–H and O–H groups in total. The lowest BCUT2D eigenvalue weighted by atomic mass is 9.78. The van der Waals surface area contributed by atoms with Gasteiger partial charge in [0.05, 0.1) is 35.3 Å². The van der Waals surface area contributed by atoms with Crippen LogP contribution < -0.4 is 10.2 Å². The number of fused-ring (bicyclic) bond motifs is 3. The Labute approximate surface area is 229 Å². The number of alkyl halides is 6. The van der Waals surface area contributed by atoms with Crippen molar-refractivity contribution in [3.05, 3.63) is 29.3 Å². The summed E-state index contributed by atoms with van der Waals surface area (Å²) in [6, 6.07) is 1.17. The molecule has 5 aliphatic rings. The highest BCUT2D eigenvalue weighted by molar-refractivity contribution is 5.85. The number of rotatable bonds is 5. The molecule has 0 spiro atoms. The minimum atomic E-state index is -4.79. The van der Waals surface area contributed by atoms with Crippen LogP contribution >= 0.6 is 0 Å². The van der Waals surface area contributed by atoms with E-state index in [0.717, 1.165) is 32.1 Å². The molecule has 2 aliphatic carbocycles. The third-order valence-corrected chi connectivity index (χ3v) is 10.1. The zero-order valence-corrected chi connectivity index (χ0v) is 22.4. The van der Waals surface area contributed by atoms with Crippen LogP contribution in [0.3, 0.4) is 0 Å². The molecule has 12 heteroatoms. The fourth-order valence-corrected chi connectivity index (χ4v) is 8.24. The van der Waals surface area contributed by atoms with Crippen LogP contribution in [0, 0.1) is 11.3 Å². The quantitative estimate of drug-likeness (QED) is 0.509. The molecule has 5 fully saturated rings. The number of hydrogen-bond acceptors (Lipinski definition) is 5. The third-order valence-electron chi connectivity index (χ3n) is 10.1. The first-order chi connectivity index (χ1) is 18.9. The largest absolute Gasteiger partial charge is 0.418 e. The summed E-state index contributed by atoms with van der Waals surface area (Å²) in [7, 11) is 1.67. The molecule has 0 unspecified atom stereocenters. The Kier molecular flexibility index (Phi) is 7.05. The summed E-state index contributed by atoms with van der Waals surface area (Å²) in [4.78, 5) is 17.4. The van der Waals surface area contributed by atoms with Crippen molar-refractivity contribution in [1.29, 1.82) is 0 Å². The van der Waals surface area contributed by atoms with Crippen molar-refractivity contribution in [2.24, 2.45) is 11.3 Å². The average molecular weight is 576 g/mol. The average Bonchev–Trinajstić information content (AvgIpc) is 3.67. The van der Waals surface area contributed by atoms with Crippen molar-refractivity contribution in [2.45, 2.75) is 87.6 Å². The highest BCUT2D eigenvalue weighted by atomic mass is 19.4. The summed E-state index contributed by atoms with van der Waals surface area (Å²) in [6.45, 7) is 1.52. The third kappa shape index (κ3) is 4.77. The van der Waals surface area contributed by atoms with Crippen molar-refractivity contribution in [3.63, 3.8) is 0 Å². The summed E-state index contributed by atoms with van der Waals surface area (Å²) < 4.78 is 92.7. The topological polar surface area (TPSA) is 54.0 Å². The lowest BCUT2D eigenvalue weighted by Gasteiger charge is -2.41. The highest BCUT2D eigenvalue weighted by Gasteiger charge is 2.59. The molecule has 7 atom stereocenters. The normalized spacial score (nSPS) is 36.0. The van der Waals surface area contributed by atoms with Crippen LogP contribution in [0.15, 0.2) is 18.2 Å². The second kappa shape index (κ2) is 10.0. The molecule has 6 rings (SSSR count). The first-order valence-electron chi connectivity index (χ1n) is 14.1. The Morgan fingerprint density at radius 2 is 1.88 bits per heavy atom. The second-order valence-electron chi connectivity index (χ2n) is 12.2. The standard InChI is InChI=1S/C28H35F6N3O3/c1-39-24-15-40-8-6-22(24)35-18-9-16-3-2-7-26(16,12-18)25(38)37-14-19-11-20(37)13-36(19)23-10-17(27(29,30)31)4-5-21(23)28(32,33)34/h4-5,10,16,18-20,22,24,35H,2-3,6-9,11-15H2,1H3/t16-,18-,19+,20+,22+,24-,26-/m1/s1. The Balaban J connectivity index is 1.18. The van der Waals surface area contributed by atoms with E-state index in [0.29, 0.717) is 44.3 Å². The minimum absolute atomic E-state index is 0.0430. The van der Waals surface area contributed by atoms with Gasteiger partial charge in [0.1, 0.15) is 0 Å². The van der Waals surface area contributed by atoms with E-state index < -0.39 is 40.6 Å². The number of nitrogens with zero attached hydrogens (tertiary/aromatic N) is 2. The zero-order valence-electron chi connectivity index (χ0n) is 22.4. The van der Waals surface area contributed by atoms with E-state index in [2.05, 4.69) is 5.32 Å². The SMILES string of the molecule is CO[C@@H]1COCC[C@@H]1N[C@@H]1C[C@H]2CCC[C@@]2(C(=O)N2C[C@@H]3C[C@H]2CN3c2cc(C(F)(F)F)ccc2C(F)(F)F)C1. The molecular formula is C28H35F6N3O3. The fraction of sp³-hybridized carbons (Fsp3) is 0.750. The van der Waals surface area contributed by atoms with Crippen molar-refractivity contribution in [2.75, 3.05) is 38.3 Å². The van der Waals surface area contributed by atoms with Gasteiger partial charge in [0.2, 0.25) is 5.91 Å². The lowest BCUT2D eigenvalue weighted by Crippen LogP contribution is -2.54. The van der Waals surface area contributed by atoms with E-state index in [-0.39, 0.29) is 49.1 Å². The molecule has 1 amide bonds. The zero-order chi connectivity index (χ0) is 28.4. The molecule has 1 aromatic rings. The van der Waals surface area contributed by atoms with Crippen molar-refractivity contribution < 1.29 is 40.6 Å². The maximum absolute atomic E-state index is 14.2. The molecule has 40 heavy (non-hydrogen) atoms. The number of piperazine rings is 1. The number of methoxy groups -OCH3 is 1. The van der Waals surface area contributed by atoms with Gasteiger partial charge in [-0.05, 0) is 62.6 Å². The second-order valence-corrected chi connectivity index (χ2v) is 12.2. The Bertz CT molecular complexity index is 1130. The van der Waals surface area contributed by atoms with E-state index >= 15 is 0 Å². The first-order valence-corrected chi connectivity index (χ1v) is 14.1. The van der Waals surface area contributed by atoms with E-state index in [4.69, 9.17) is 9.47 Å². The molecule has 2 saturated carbocycles. The number of likely N-dealkylation sites (tertiary alicyclic amines) is 1. The number of amides is 1. The Hall–Kier alpha value is -2.05. The maximum Gasteiger partial charge on any atom is 0.418 e. The smallest absolute Gasteiger partial charge is 0.379 e. The van der Waals surface area contributed by atoms with Crippen molar-refractivity contribution >= 4 is 11.6 Å². The molecule has 0 aromatic heterocycles. The molecular weight excluding hydrogens is 540 g/mol. The number of halogens is 6. The van der Waals surface area contributed by atoms with Crippen LogP contribution in [-0.2, 0) is 26.6 Å². The molecule has 3 heterocycles. The van der Waals surface area contributed by atoms with E-state index in [1.165, 1.54) is 4.90 Å². The van der Waals surface area contributed by atoms with Gasteiger partial charge < -0.3 is 24.6 Å². The van der Waals surface area contributed by atoms with Gasteiger partial charge in [-0.1, -0.05) is 6.42 Å². The number of carbonyl (C=O) groups is 1. The molecule has 6 nitrogen and oxygen atoms in total. The summed E-state index contributed by atoms with van der Waals surface area (Å²) in [5.41, 5.74) is -3.13. The van der Waals surface area contributed by atoms with Gasteiger partial charge in [-0.15, -0.1) is 0 Å². The van der Waals surface area contributed by atoms with Crippen LogP contribution in [0.2, 0.25) is 0 Å². The Morgan fingerprint density at radius 1 is 1.07 bits per heavy atom. The number of ether oxygens (including phenoxy) is 2. The van der Waals surface area contributed by atoms with E-state index in [9.17, 15) is 31.1 Å². The van der Waals surface area contributed by atoms with Gasteiger partial charge in [0.15, 0.2) is 0 Å². The van der Waals surface area contributed by atoms with Crippen LogP contribution in [-0.4, -0.2) is 74.5 Å². The summed E-state index contributed by atoms with van der Waals surface area (Å²) in [5.74, 6) is 0.315. The number of benzene rings is 1. The van der Waals surface area contributed by atoms with Gasteiger partial charge in [0.25, 0.3) is 0 Å². The fourth-order valence-electron chi connectivity index (χ4n) is 8.24. The number of nitrogens with one attached hydrogen (secondary N) is 1. The maximum atomic E-state index is 14.2. The van der Waals surface area contributed by atoms with Gasteiger partial charge >= 0.3 is 12.4 Å². The molecule has 3 saturated heterocycles. The van der Waals surface area contributed by atoms with Crippen LogP contribution in [0.25, 0.3) is 0 Å². The predicted molar refractivity (Wildman–Crippen MR) is 134 cm³/mol. The Morgan fingerprint density at radius 3 is 2.55 bits per heavy atom. The monoisotopic (exact) mass is 575 g/mol. The first kappa shape index (κ1) is 28.1. The van der Waals surface area contributed by atoms with Crippen molar-refractivity contribution in [1.82, 2.24) is 10.2 Å². The van der Waals surface area contributed by atoms with Gasteiger partial charge in [-0.3, -0.25) is 4.79 Å². The molecule has 222 valence electrons. The number of carbonyl (C=O) groups excluding carboxylic acids is 1. The van der Waals surface area contributed by atoms with Gasteiger partial charge in [0, 0.05) is 50.6 Å². The summed E-state index contributed by atoms with van der Waals surface area (Å²) in [6.07, 6.45) is -3.95. The predicted octanol–water partition coefficient (Wildman–Crippen LogP) is 4.86. The molecule has 1 aromatic carbocycles. The minimum Gasteiger partial charge on any atom is -0.379 e. The van der Waals surface area contributed by atoms with Gasteiger partial charge in [-0.25, -0.2) is 0 Å². The van der Waals surface area contributed by atoms with Crippen LogP contribution in [0.1, 0.15) is 56.1 Å². The number of anilines is 1. The summed E-state index contributed by atoms with van der Waals surface area (Å²) >= 11 is 0. The van der Waals surface area contributed by atoms with E-state index in [1.807, 2.05) is 4.90 Å². The molecule has 3 aliphatic heterocycles.